The molecule has 0 saturated carbocycles. The molecule has 3 heterocycles. The zero-order valence-corrected chi connectivity index (χ0v) is 12.6. The van der Waals surface area contributed by atoms with Gasteiger partial charge in [0.1, 0.15) is 10.4 Å². The van der Waals surface area contributed by atoms with Crippen LogP contribution < -0.4 is 9.20 Å². The quantitative estimate of drug-likeness (QED) is 0.692. The molecule has 0 atom stereocenters. The summed E-state index contributed by atoms with van der Waals surface area (Å²) in [6, 6.07) is 1.87. The number of nitrogens with one attached hydrogen (secondary N) is 2. The number of amidine groups is 1. The fraction of sp³-hybridized carbons (Fsp3) is 0.0909. The fourth-order valence-corrected chi connectivity index (χ4v) is 4.08. The predicted octanol–water partition coefficient (Wildman–Crippen LogP) is 1.46. The number of hydrogen-bond donors (Lipinski definition) is 3. The number of H-pyrrole nitrogens is 1. The van der Waals surface area contributed by atoms with Gasteiger partial charge in [-0.2, -0.15) is 0 Å². The number of aromatic nitrogens is 2. The van der Waals surface area contributed by atoms with E-state index in [9.17, 15) is 9.90 Å². The number of aromatic hydroxyl groups is 1. The van der Waals surface area contributed by atoms with E-state index in [-0.39, 0.29) is 21.7 Å². The molecule has 0 radical (unpaired) electrons. The summed E-state index contributed by atoms with van der Waals surface area (Å²) in [5.41, 5.74) is 0.322. The molecule has 102 valence electrons. The van der Waals surface area contributed by atoms with Gasteiger partial charge in [-0.25, -0.2) is 4.99 Å². The van der Waals surface area contributed by atoms with Crippen molar-refractivity contribution in [2.24, 2.45) is 4.99 Å². The average molecular weight is 324 g/mol. The maximum atomic E-state index is 11.6. The normalized spacial score (nSPS) is 14.4. The number of nitrogens with zero attached hydrogens (tertiary/aromatic N) is 2. The lowest BCUT2D eigenvalue weighted by atomic mass is 10.4. The molecule has 0 fully saturated rings. The van der Waals surface area contributed by atoms with Gasteiger partial charge in [-0.3, -0.25) is 14.8 Å². The topological polar surface area (TPSA) is 94.2 Å². The van der Waals surface area contributed by atoms with Crippen molar-refractivity contribution < 1.29 is 9.90 Å². The van der Waals surface area contributed by atoms with E-state index < -0.39 is 0 Å². The van der Waals surface area contributed by atoms with Crippen LogP contribution in [0.1, 0.15) is 17.4 Å². The molecule has 0 bridgehead atoms. The zero-order chi connectivity index (χ0) is 14.4. The van der Waals surface area contributed by atoms with Gasteiger partial charge in [0.15, 0.2) is 9.94 Å². The Morgan fingerprint density at radius 1 is 1.65 bits per heavy atom. The van der Waals surface area contributed by atoms with E-state index in [1.807, 2.05) is 6.07 Å². The molecule has 2 aromatic rings. The molecular weight excluding hydrogens is 316 g/mol. The van der Waals surface area contributed by atoms with Crippen LogP contribution in [-0.2, 0) is 0 Å². The van der Waals surface area contributed by atoms with Crippen molar-refractivity contribution in [1.82, 2.24) is 9.55 Å². The Bertz CT molecular complexity index is 919. The third kappa shape index (κ3) is 2.13. The van der Waals surface area contributed by atoms with Crippen molar-refractivity contribution in [1.29, 1.82) is 5.41 Å². The van der Waals surface area contributed by atoms with Crippen molar-refractivity contribution in [3.05, 3.63) is 25.7 Å². The van der Waals surface area contributed by atoms with Crippen LogP contribution in [0.25, 0.3) is 6.08 Å². The smallest absolute Gasteiger partial charge is 0.230 e. The summed E-state index contributed by atoms with van der Waals surface area (Å²) < 4.78 is 3.00. The number of aromatic amines is 1. The van der Waals surface area contributed by atoms with Crippen molar-refractivity contribution in [3.8, 4) is 5.88 Å². The van der Waals surface area contributed by atoms with Crippen LogP contribution in [0.4, 0.5) is 0 Å². The molecule has 0 aromatic carbocycles. The number of carbonyl (C=O) groups is 1. The highest BCUT2D eigenvalue weighted by atomic mass is 32.2. The number of hydrogen-bond acceptors (Lipinski definition) is 6. The summed E-state index contributed by atoms with van der Waals surface area (Å²) >= 11 is 7.67. The molecule has 3 rings (SSSR count). The summed E-state index contributed by atoms with van der Waals surface area (Å²) in [5.74, 6) is -0.418. The number of thioether (sulfide) groups is 1. The van der Waals surface area contributed by atoms with Gasteiger partial charge >= 0.3 is 0 Å². The summed E-state index contributed by atoms with van der Waals surface area (Å²) in [7, 11) is 0. The van der Waals surface area contributed by atoms with E-state index in [1.165, 1.54) is 34.6 Å². The first-order chi connectivity index (χ1) is 9.45. The summed E-state index contributed by atoms with van der Waals surface area (Å²) in [5, 5.41) is 17.6. The lowest BCUT2D eigenvalue weighted by molar-refractivity contribution is 0.0934. The molecule has 0 amide bonds. The Labute approximate surface area is 126 Å². The minimum absolute atomic E-state index is 0.143. The van der Waals surface area contributed by atoms with Gasteiger partial charge in [0.05, 0.1) is 4.90 Å². The van der Waals surface area contributed by atoms with Gasteiger partial charge in [0, 0.05) is 11.5 Å². The van der Waals surface area contributed by atoms with Crippen molar-refractivity contribution in [3.63, 3.8) is 0 Å². The van der Waals surface area contributed by atoms with Gasteiger partial charge < -0.3 is 10.1 Å². The van der Waals surface area contributed by atoms with E-state index in [1.54, 1.807) is 6.08 Å². The average Bonchev–Trinajstić information content (AvgIpc) is 2.91. The molecule has 0 spiro atoms. The molecule has 6 nitrogen and oxygen atoms in total. The van der Waals surface area contributed by atoms with Crippen molar-refractivity contribution in [2.75, 3.05) is 0 Å². The van der Waals surface area contributed by atoms with E-state index in [2.05, 4.69) is 9.98 Å². The summed E-state index contributed by atoms with van der Waals surface area (Å²) in [6.07, 6.45) is 1.67. The maximum absolute atomic E-state index is 11.6. The third-order valence-corrected chi connectivity index (χ3v) is 4.82. The van der Waals surface area contributed by atoms with Crippen LogP contribution in [0.3, 0.4) is 0 Å². The monoisotopic (exact) mass is 324 g/mol. The van der Waals surface area contributed by atoms with Gasteiger partial charge in [-0.15, -0.1) is 11.3 Å². The van der Waals surface area contributed by atoms with Gasteiger partial charge in [0.25, 0.3) is 0 Å². The minimum Gasteiger partial charge on any atom is -0.493 e. The minimum atomic E-state index is -0.275. The maximum Gasteiger partial charge on any atom is 0.230 e. The van der Waals surface area contributed by atoms with Crippen LogP contribution in [0.15, 0.2) is 16.0 Å². The summed E-state index contributed by atoms with van der Waals surface area (Å²) in [6.45, 7) is 1.38. The Morgan fingerprint density at radius 3 is 3.05 bits per heavy atom. The highest BCUT2D eigenvalue weighted by molar-refractivity contribution is 8.14. The molecule has 1 aliphatic heterocycles. The first-order valence-electron chi connectivity index (χ1n) is 5.47. The molecule has 0 aliphatic carbocycles. The Balaban J connectivity index is 2.21. The van der Waals surface area contributed by atoms with Crippen LogP contribution in [0.2, 0.25) is 0 Å². The molecule has 3 N–H and O–H groups in total. The second-order valence-electron chi connectivity index (χ2n) is 4.00. The van der Waals surface area contributed by atoms with Crippen LogP contribution in [-0.4, -0.2) is 25.7 Å². The fourth-order valence-electron chi connectivity index (χ4n) is 1.84. The number of thiophene rings is 1. The highest BCUT2D eigenvalue weighted by Gasteiger charge is 2.15. The zero-order valence-electron chi connectivity index (χ0n) is 10.1. The van der Waals surface area contributed by atoms with Crippen molar-refractivity contribution >= 4 is 52.5 Å². The second kappa shape index (κ2) is 4.69. The Hall–Kier alpha value is -1.71. The van der Waals surface area contributed by atoms with Crippen LogP contribution >= 0.6 is 35.3 Å². The van der Waals surface area contributed by atoms with E-state index in [0.29, 0.717) is 5.69 Å². The van der Waals surface area contributed by atoms with Crippen LogP contribution in [0.5, 0.6) is 5.88 Å². The molecule has 9 heteroatoms. The standard InChI is InChI=1S/C11H8N4O2S3/c1-4(16)15-6(8(17)13-11(15)18)2-5-3-7-9(19-5)14-10(12)20-7/h2-3,12,17H,1H3,(H,13,18). The summed E-state index contributed by atoms with van der Waals surface area (Å²) in [4.78, 5) is 19.1. The molecule has 1 aliphatic rings. The molecule has 20 heavy (non-hydrogen) atoms. The van der Waals surface area contributed by atoms with Crippen molar-refractivity contribution in [2.45, 2.75) is 11.8 Å². The molecular formula is C11H8N4O2S3. The Morgan fingerprint density at radius 2 is 2.40 bits per heavy atom. The number of imidazole rings is 1. The SMILES string of the molecule is CC(=O)n1c(C=c2cc3c(s2)=NC(=N)S3)c(O)[nH]c1=S. The molecule has 2 aromatic heterocycles. The lowest BCUT2D eigenvalue weighted by Crippen LogP contribution is -2.09. The first-order valence-corrected chi connectivity index (χ1v) is 7.51. The predicted molar refractivity (Wildman–Crippen MR) is 79.8 cm³/mol. The molecule has 0 saturated heterocycles. The van der Waals surface area contributed by atoms with E-state index in [0.717, 1.165) is 14.1 Å². The van der Waals surface area contributed by atoms with E-state index >= 15 is 0 Å². The van der Waals surface area contributed by atoms with Gasteiger partial charge in [-0.05, 0) is 36.1 Å². The van der Waals surface area contributed by atoms with E-state index in [4.69, 9.17) is 17.6 Å². The molecule has 0 unspecified atom stereocenters. The largest absolute Gasteiger partial charge is 0.493 e. The number of fused-ring (bicyclic) bond motifs is 1. The van der Waals surface area contributed by atoms with Crippen LogP contribution in [0, 0.1) is 10.2 Å². The van der Waals surface area contributed by atoms with Gasteiger partial charge in [0.2, 0.25) is 11.8 Å². The second-order valence-corrected chi connectivity index (χ2v) is 6.48. The lowest BCUT2D eigenvalue weighted by Gasteiger charge is -1.98. The third-order valence-electron chi connectivity index (χ3n) is 2.61. The highest BCUT2D eigenvalue weighted by Crippen LogP contribution is 2.21. The number of rotatable bonds is 1. The van der Waals surface area contributed by atoms with Gasteiger partial charge in [-0.1, -0.05) is 0 Å². The Kier molecular flexibility index (Phi) is 3.11. The first kappa shape index (κ1) is 13.3. The number of carbonyl (C=O) groups excluding carboxylic acids is 1.